The highest BCUT2D eigenvalue weighted by molar-refractivity contribution is 9.10. The molecule has 0 amide bonds. The Bertz CT molecular complexity index is 279. The van der Waals surface area contributed by atoms with Crippen molar-refractivity contribution in [2.45, 2.75) is 18.8 Å². The van der Waals surface area contributed by atoms with Gasteiger partial charge in [0.25, 0.3) is 0 Å². The van der Waals surface area contributed by atoms with Gasteiger partial charge in [0.1, 0.15) is 5.82 Å². The number of benzene rings is 1. The van der Waals surface area contributed by atoms with E-state index in [-0.39, 0.29) is 5.82 Å². The first-order valence-electron chi connectivity index (χ1n) is 3.72. The van der Waals surface area contributed by atoms with Gasteiger partial charge in [-0.1, -0.05) is 22.0 Å². The Morgan fingerprint density at radius 2 is 2.09 bits per heavy atom. The number of rotatable bonds is 1. The average Bonchev–Trinajstić information content (AvgIpc) is 2.70. The van der Waals surface area contributed by atoms with Crippen LogP contribution in [0.2, 0.25) is 0 Å². The van der Waals surface area contributed by atoms with Gasteiger partial charge in [0, 0.05) is 4.47 Å². The van der Waals surface area contributed by atoms with Gasteiger partial charge in [0.05, 0.1) is 0 Å². The van der Waals surface area contributed by atoms with Gasteiger partial charge in [0.2, 0.25) is 0 Å². The maximum absolute atomic E-state index is 13.1. The van der Waals surface area contributed by atoms with Crippen LogP contribution in [0.4, 0.5) is 4.39 Å². The molecule has 0 N–H and O–H groups in total. The summed E-state index contributed by atoms with van der Waals surface area (Å²) >= 11 is 3.23. The predicted molar refractivity (Wildman–Crippen MR) is 46.1 cm³/mol. The van der Waals surface area contributed by atoms with Crippen molar-refractivity contribution in [2.24, 2.45) is 0 Å². The highest BCUT2D eigenvalue weighted by Crippen LogP contribution is 2.41. The number of hydrogen-bond acceptors (Lipinski definition) is 0. The fourth-order valence-corrected chi connectivity index (χ4v) is 1.56. The predicted octanol–water partition coefficient (Wildman–Crippen LogP) is 3.47. The minimum Gasteiger partial charge on any atom is -0.207 e. The molecule has 0 saturated heterocycles. The van der Waals surface area contributed by atoms with E-state index in [9.17, 15) is 4.39 Å². The second-order valence-corrected chi connectivity index (χ2v) is 3.86. The third-order valence-electron chi connectivity index (χ3n) is 1.98. The van der Waals surface area contributed by atoms with Crippen LogP contribution in [0.25, 0.3) is 0 Å². The second kappa shape index (κ2) is 2.59. The first kappa shape index (κ1) is 7.29. The molecule has 0 atom stereocenters. The summed E-state index contributed by atoms with van der Waals surface area (Å²) in [4.78, 5) is 0. The number of halogens is 2. The van der Waals surface area contributed by atoms with Crippen molar-refractivity contribution in [1.29, 1.82) is 0 Å². The molecule has 1 saturated carbocycles. The summed E-state index contributed by atoms with van der Waals surface area (Å²) in [5, 5.41) is 0. The largest absolute Gasteiger partial charge is 0.207 e. The van der Waals surface area contributed by atoms with E-state index in [1.165, 1.54) is 6.07 Å². The van der Waals surface area contributed by atoms with Crippen molar-refractivity contribution in [2.75, 3.05) is 0 Å². The summed E-state index contributed by atoms with van der Waals surface area (Å²) in [5.74, 6) is 0.435. The lowest BCUT2D eigenvalue weighted by molar-refractivity contribution is 0.610. The molecule has 1 aromatic carbocycles. The van der Waals surface area contributed by atoms with Gasteiger partial charge in [-0.3, -0.25) is 0 Å². The van der Waals surface area contributed by atoms with Gasteiger partial charge in [-0.2, -0.15) is 0 Å². The van der Waals surface area contributed by atoms with Gasteiger partial charge >= 0.3 is 0 Å². The first-order valence-corrected chi connectivity index (χ1v) is 4.51. The Hall–Kier alpha value is -0.370. The molecule has 1 aliphatic carbocycles. The van der Waals surface area contributed by atoms with Gasteiger partial charge in [-0.15, -0.1) is 0 Å². The van der Waals surface area contributed by atoms with E-state index in [1.54, 1.807) is 0 Å². The Labute approximate surface area is 73.6 Å². The van der Waals surface area contributed by atoms with E-state index >= 15 is 0 Å². The fraction of sp³-hybridized carbons (Fsp3) is 0.333. The summed E-state index contributed by atoms with van der Waals surface area (Å²) in [5.41, 5.74) is 0.883. The second-order valence-electron chi connectivity index (χ2n) is 2.94. The van der Waals surface area contributed by atoms with E-state index in [1.807, 2.05) is 12.1 Å². The van der Waals surface area contributed by atoms with Crippen LogP contribution in [0.15, 0.2) is 22.7 Å². The molecular formula is C9H8BrF. The summed E-state index contributed by atoms with van der Waals surface area (Å²) < 4.78 is 13.9. The van der Waals surface area contributed by atoms with E-state index in [2.05, 4.69) is 15.9 Å². The normalized spacial score (nSPS) is 16.9. The summed E-state index contributed by atoms with van der Waals surface area (Å²) in [7, 11) is 0. The van der Waals surface area contributed by atoms with Crippen LogP contribution in [-0.2, 0) is 0 Å². The maximum atomic E-state index is 13.1. The molecule has 0 spiro atoms. The Morgan fingerprint density at radius 1 is 1.36 bits per heavy atom. The fourth-order valence-electron chi connectivity index (χ4n) is 1.23. The zero-order valence-electron chi connectivity index (χ0n) is 5.98. The topological polar surface area (TPSA) is 0 Å². The molecule has 0 aliphatic heterocycles. The van der Waals surface area contributed by atoms with Crippen molar-refractivity contribution < 1.29 is 4.39 Å². The van der Waals surface area contributed by atoms with E-state index < -0.39 is 0 Å². The Morgan fingerprint density at radius 3 is 2.64 bits per heavy atom. The van der Waals surface area contributed by atoms with Crippen molar-refractivity contribution in [3.63, 3.8) is 0 Å². The van der Waals surface area contributed by atoms with Crippen LogP contribution in [0.3, 0.4) is 0 Å². The molecule has 0 heterocycles. The van der Waals surface area contributed by atoms with Gasteiger partial charge in [-0.05, 0) is 36.5 Å². The molecule has 1 aromatic rings. The van der Waals surface area contributed by atoms with Gasteiger partial charge in [0.15, 0.2) is 0 Å². The lowest BCUT2D eigenvalue weighted by atomic mass is 10.1. The Balaban J connectivity index is 2.39. The lowest BCUT2D eigenvalue weighted by Gasteiger charge is -1.99. The summed E-state index contributed by atoms with van der Waals surface area (Å²) in [6, 6.07) is 5.31. The number of hydrogen-bond donors (Lipinski definition) is 0. The van der Waals surface area contributed by atoms with Crippen molar-refractivity contribution in [3.8, 4) is 0 Å². The maximum Gasteiger partial charge on any atom is 0.127 e. The van der Waals surface area contributed by atoms with Crippen molar-refractivity contribution in [3.05, 3.63) is 34.1 Å². The smallest absolute Gasteiger partial charge is 0.127 e. The Kier molecular flexibility index (Phi) is 1.72. The summed E-state index contributed by atoms with van der Waals surface area (Å²) in [6.07, 6.45) is 2.30. The molecular weight excluding hydrogens is 207 g/mol. The summed E-state index contributed by atoms with van der Waals surface area (Å²) in [6.45, 7) is 0. The zero-order chi connectivity index (χ0) is 7.84. The van der Waals surface area contributed by atoms with Crippen molar-refractivity contribution >= 4 is 15.9 Å². The lowest BCUT2D eigenvalue weighted by Crippen LogP contribution is -1.85. The minimum absolute atomic E-state index is 0.0677. The SMILES string of the molecule is Fc1cc(Br)ccc1C1CC1. The van der Waals surface area contributed by atoms with E-state index in [0.29, 0.717) is 5.92 Å². The zero-order valence-corrected chi connectivity index (χ0v) is 7.57. The molecule has 11 heavy (non-hydrogen) atoms. The highest BCUT2D eigenvalue weighted by Gasteiger charge is 2.26. The first-order chi connectivity index (χ1) is 5.27. The van der Waals surface area contributed by atoms with Crippen LogP contribution in [-0.4, -0.2) is 0 Å². The molecule has 0 radical (unpaired) electrons. The van der Waals surface area contributed by atoms with Gasteiger partial charge < -0.3 is 0 Å². The van der Waals surface area contributed by atoms with Crippen LogP contribution in [0, 0.1) is 5.82 Å². The van der Waals surface area contributed by atoms with Crippen LogP contribution >= 0.6 is 15.9 Å². The third-order valence-corrected chi connectivity index (χ3v) is 2.47. The monoisotopic (exact) mass is 214 g/mol. The minimum atomic E-state index is -0.0677. The average molecular weight is 215 g/mol. The standard InChI is InChI=1S/C9H8BrF/c10-7-3-4-8(6-1-2-6)9(11)5-7/h3-6H,1-2H2. The van der Waals surface area contributed by atoms with Crippen molar-refractivity contribution in [1.82, 2.24) is 0 Å². The molecule has 58 valence electrons. The van der Waals surface area contributed by atoms with E-state index in [4.69, 9.17) is 0 Å². The third kappa shape index (κ3) is 1.45. The molecule has 0 unspecified atom stereocenters. The molecule has 0 nitrogen and oxygen atoms in total. The van der Waals surface area contributed by atoms with Crippen LogP contribution < -0.4 is 0 Å². The molecule has 1 aliphatic rings. The molecule has 2 heteroatoms. The highest BCUT2D eigenvalue weighted by atomic mass is 79.9. The van der Waals surface area contributed by atoms with Crippen LogP contribution in [0.5, 0.6) is 0 Å². The van der Waals surface area contributed by atoms with Gasteiger partial charge in [-0.25, -0.2) is 4.39 Å². The molecule has 0 bridgehead atoms. The molecule has 0 aromatic heterocycles. The molecule has 1 fully saturated rings. The van der Waals surface area contributed by atoms with Crippen LogP contribution in [0.1, 0.15) is 24.3 Å². The van der Waals surface area contributed by atoms with E-state index in [0.717, 1.165) is 22.9 Å². The molecule has 2 rings (SSSR count). The quantitative estimate of drug-likeness (QED) is 0.672.